The number of nitrogens with one attached hydrogen (secondary N) is 2. The molecule has 0 fully saturated rings. The Morgan fingerprint density at radius 3 is 1.44 bits per heavy atom. The maximum Gasteiger partial charge on any atom is 0.143 e. The molecule has 0 bridgehead atoms. The average molecular weight is 531 g/mol. The van der Waals surface area contributed by atoms with Crippen molar-refractivity contribution in [3.8, 4) is 11.5 Å². The van der Waals surface area contributed by atoms with E-state index in [1.54, 1.807) is 0 Å². The number of phenolic OH excluding ortho intramolecular Hbond substituents is 2. The first kappa shape index (κ1) is 29.8. The van der Waals surface area contributed by atoms with Crippen LogP contribution in [0, 0.1) is 0 Å². The van der Waals surface area contributed by atoms with Crippen LogP contribution in [0.25, 0.3) is 6.08 Å². The molecule has 4 N–H and O–H groups in total. The van der Waals surface area contributed by atoms with Gasteiger partial charge in [0.25, 0.3) is 0 Å². The summed E-state index contributed by atoms with van der Waals surface area (Å²) in [6.45, 7) is 17.0. The summed E-state index contributed by atoms with van der Waals surface area (Å²) in [6.07, 6.45) is 5.93. The van der Waals surface area contributed by atoms with Gasteiger partial charge in [-0.2, -0.15) is 0 Å². The van der Waals surface area contributed by atoms with Crippen LogP contribution in [0.15, 0.2) is 60.7 Å². The molecule has 0 aliphatic carbocycles. The molecule has 0 unspecified atom stereocenters. The second-order valence-electron chi connectivity index (χ2n) is 10.4. The quantitative estimate of drug-likeness (QED) is 0.131. The van der Waals surface area contributed by atoms with E-state index in [0.717, 1.165) is 48.7 Å². The van der Waals surface area contributed by atoms with Gasteiger partial charge in [0.1, 0.15) is 11.5 Å². The van der Waals surface area contributed by atoms with Gasteiger partial charge >= 0.3 is 0 Å². The maximum absolute atomic E-state index is 10.9. The zero-order valence-corrected chi connectivity index (χ0v) is 24.6. The number of rotatable bonds is 13. The Labute approximate surface area is 235 Å². The molecular formula is C33H46N4O2. The summed E-state index contributed by atoms with van der Waals surface area (Å²) < 4.78 is 0. The van der Waals surface area contributed by atoms with Crippen molar-refractivity contribution in [3.05, 3.63) is 66.2 Å². The van der Waals surface area contributed by atoms with Gasteiger partial charge < -0.3 is 30.6 Å². The first-order chi connectivity index (χ1) is 18.7. The molecule has 0 aliphatic rings. The Morgan fingerprint density at radius 1 is 0.692 bits per heavy atom. The second kappa shape index (κ2) is 13.8. The highest BCUT2D eigenvalue weighted by atomic mass is 16.3. The number of aromatic hydroxyl groups is 2. The van der Waals surface area contributed by atoms with Crippen LogP contribution in [0.2, 0.25) is 0 Å². The molecule has 0 saturated heterocycles. The van der Waals surface area contributed by atoms with Crippen molar-refractivity contribution < 1.29 is 10.2 Å². The maximum atomic E-state index is 10.9. The van der Waals surface area contributed by atoms with Crippen molar-refractivity contribution in [1.29, 1.82) is 0 Å². The van der Waals surface area contributed by atoms with E-state index in [-0.39, 0.29) is 11.5 Å². The summed E-state index contributed by atoms with van der Waals surface area (Å²) in [7, 11) is 0. The topological polar surface area (TPSA) is 71.0 Å². The molecule has 3 aromatic rings. The molecule has 6 heteroatoms. The minimum atomic E-state index is -0.0125. The molecule has 210 valence electrons. The Kier molecular flexibility index (Phi) is 10.6. The molecule has 39 heavy (non-hydrogen) atoms. The third-order valence-corrected chi connectivity index (χ3v) is 6.93. The Hall–Kier alpha value is -3.80. The number of hydrogen-bond acceptors (Lipinski definition) is 6. The molecule has 6 nitrogen and oxygen atoms in total. The molecule has 0 saturated carbocycles. The predicted octanol–water partition coefficient (Wildman–Crippen LogP) is 8.87. The molecule has 0 amide bonds. The lowest BCUT2D eigenvalue weighted by Crippen LogP contribution is -2.30. The first-order valence-electron chi connectivity index (χ1n) is 14.2. The summed E-state index contributed by atoms with van der Waals surface area (Å²) in [6, 6.07) is 18.6. The van der Waals surface area contributed by atoms with Crippen molar-refractivity contribution in [3.63, 3.8) is 0 Å². The third-order valence-electron chi connectivity index (χ3n) is 6.93. The predicted molar refractivity (Wildman–Crippen MR) is 169 cm³/mol. The van der Waals surface area contributed by atoms with Gasteiger partial charge in [0.05, 0.1) is 11.4 Å². The highest BCUT2D eigenvalue weighted by Gasteiger charge is 2.18. The van der Waals surface area contributed by atoms with Crippen LogP contribution < -0.4 is 20.4 Å². The van der Waals surface area contributed by atoms with Crippen LogP contribution >= 0.6 is 0 Å². The van der Waals surface area contributed by atoms with Gasteiger partial charge in [-0.15, -0.1) is 0 Å². The van der Waals surface area contributed by atoms with Crippen LogP contribution in [-0.2, 0) is 0 Å². The number of unbranched alkanes of at least 4 members (excludes halogenated alkanes) is 1. The smallest absolute Gasteiger partial charge is 0.143 e. The molecular weight excluding hydrogens is 484 g/mol. The zero-order valence-electron chi connectivity index (χ0n) is 24.6. The highest BCUT2D eigenvalue weighted by molar-refractivity contribution is 5.90. The van der Waals surface area contributed by atoms with Crippen LogP contribution in [0.5, 0.6) is 11.5 Å². The minimum Gasteiger partial charge on any atom is -0.506 e. The second-order valence-corrected chi connectivity index (χ2v) is 10.4. The standard InChI is InChI=1S/C33H46N4O2/c1-8-11-12-13-29-32(34-25-14-18-27(19-15-25)36(9-2)23(4)5)30(38)22-31(39)33(29)35-26-16-20-28(21-17-26)37(10-3)24(6)7/h12-24,34-35,38-39H,8-11H2,1-7H3/b13-12+. The van der Waals surface area contributed by atoms with E-state index in [4.69, 9.17) is 0 Å². The Morgan fingerprint density at radius 2 is 1.10 bits per heavy atom. The summed E-state index contributed by atoms with van der Waals surface area (Å²) >= 11 is 0. The van der Waals surface area contributed by atoms with Gasteiger partial charge in [-0.3, -0.25) is 0 Å². The van der Waals surface area contributed by atoms with E-state index in [1.807, 2.05) is 30.3 Å². The number of benzene rings is 3. The van der Waals surface area contributed by atoms with Gasteiger partial charge in [0.15, 0.2) is 0 Å². The summed E-state index contributed by atoms with van der Waals surface area (Å²) in [5.41, 5.74) is 5.80. The number of hydrogen-bond donors (Lipinski definition) is 4. The van der Waals surface area contributed by atoms with E-state index >= 15 is 0 Å². The van der Waals surface area contributed by atoms with Crippen LogP contribution in [0.3, 0.4) is 0 Å². The minimum absolute atomic E-state index is 0.0125. The molecule has 0 aromatic heterocycles. The first-order valence-corrected chi connectivity index (χ1v) is 14.2. The van der Waals surface area contributed by atoms with Gasteiger partial charge in [0, 0.05) is 59.6 Å². The lowest BCUT2D eigenvalue weighted by atomic mass is 10.1. The Bertz CT molecular complexity index is 1130. The zero-order chi connectivity index (χ0) is 28.5. The fourth-order valence-corrected chi connectivity index (χ4v) is 4.92. The lowest BCUT2D eigenvalue weighted by Gasteiger charge is -2.28. The van der Waals surface area contributed by atoms with Gasteiger partial charge in [0.2, 0.25) is 0 Å². The summed E-state index contributed by atoms with van der Waals surface area (Å²) in [5.74, 6) is -0.0250. The molecule has 0 atom stereocenters. The van der Waals surface area contributed by atoms with Crippen molar-refractivity contribution in [1.82, 2.24) is 0 Å². The van der Waals surface area contributed by atoms with Gasteiger partial charge in [-0.05, 0) is 96.5 Å². The molecule has 0 spiro atoms. The van der Waals surface area contributed by atoms with E-state index < -0.39 is 0 Å². The summed E-state index contributed by atoms with van der Waals surface area (Å²) in [5, 5.41) is 28.6. The molecule has 0 aliphatic heterocycles. The van der Waals surface area contributed by atoms with Crippen molar-refractivity contribution in [2.24, 2.45) is 0 Å². The number of phenols is 2. The molecule has 3 aromatic carbocycles. The SMILES string of the molecule is CCC/C=C/c1c(Nc2ccc(N(CC)C(C)C)cc2)c(O)cc(O)c1Nc1ccc(N(CC)C(C)C)cc1. The largest absolute Gasteiger partial charge is 0.506 e. The van der Waals surface area contributed by atoms with Crippen LogP contribution in [0.1, 0.15) is 66.9 Å². The van der Waals surface area contributed by atoms with E-state index in [2.05, 4.69) is 99.2 Å². The molecule has 0 radical (unpaired) electrons. The average Bonchev–Trinajstić information content (AvgIpc) is 2.90. The van der Waals surface area contributed by atoms with Crippen LogP contribution in [-0.4, -0.2) is 35.4 Å². The Balaban J connectivity index is 1.98. The highest BCUT2D eigenvalue weighted by Crippen LogP contribution is 2.44. The monoisotopic (exact) mass is 530 g/mol. The van der Waals surface area contributed by atoms with Crippen molar-refractivity contribution in [2.45, 2.75) is 73.4 Å². The third kappa shape index (κ3) is 7.41. The van der Waals surface area contributed by atoms with E-state index in [9.17, 15) is 10.2 Å². The summed E-state index contributed by atoms with van der Waals surface area (Å²) in [4.78, 5) is 4.66. The fraction of sp³-hybridized carbons (Fsp3) is 0.394. The van der Waals surface area contributed by atoms with Gasteiger partial charge in [-0.1, -0.05) is 25.5 Å². The number of nitrogens with zero attached hydrogens (tertiary/aromatic N) is 2. The fourth-order valence-electron chi connectivity index (χ4n) is 4.92. The lowest BCUT2D eigenvalue weighted by molar-refractivity contribution is 0.453. The molecule has 3 rings (SSSR count). The van der Waals surface area contributed by atoms with Crippen LogP contribution in [0.4, 0.5) is 34.1 Å². The van der Waals surface area contributed by atoms with Gasteiger partial charge in [-0.25, -0.2) is 0 Å². The van der Waals surface area contributed by atoms with Crippen molar-refractivity contribution >= 4 is 40.2 Å². The number of allylic oxidation sites excluding steroid dienone is 1. The van der Waals surface area contributed by atoms with Crippen molar-refractivity contribution in [2.75, 3.05) is 33.5 Å². The van der Waals surface area contributed by atoms with E-state index in [1.165, 1.54) is 6.07 Å². The number of anilines is 6. The normalized spacial score (nSPS) is 11.4. The molecule has 0 heterocycles. The van der Waals surface area contributed by atoms with E-state index in [0.29, 0.717) is 29.0 Å².